The molecule has 1 N–H and O–H groups in total. The van der Waals surface area contributed by atoms with Gasteiger partial charge < -0.3 is 5.11 Å². The Hall–Kier alpha value is -1.40. The normalized spacial score (nSPS) is 23.6. The summed E-state index contributed by atoms with van der Waals surface area (Å²) in [6.45, 7) is 4.39. The zero-order valence-electron chi connectivity index (χ0n) is 12.3. The summed E-state index contributed by atoms with van der Waals surface area (Å²) in [5.74, 6) is -0.937. The first-order chi connectivity index (χ1) is 9.78. The highest BCUT2D eigenvalue weighted by atomic mass is 32.2. The minimum absolute atomic E-state index is 0.00505. The highest BCUT2D eigenvalue weighted by Crippen LogP contribution is 2.27. The Kier molecular flexibility index (Phi) is 4.68. The van der Waals surface area contributed by atoms with Gasteiger partial charge in [-0.2, -0.15) is 0 Å². The molecule has 1 aliphatic heterocycles. The maximum absolute atomic E-state index is 11.8. The monoisotopic (exact) mass is 311 g/mol. The fourth-order valence-corrected chi connectivity index (χ4v) is 4.37. The smallest absolute Gasteiger partial charge is 0.304 e. The number of hydrogen-bond donors (Lipinski definition) is 1. The second kappa shape index (κ2) is 6.15. The lowest BCUT2D eigenvalue weighted by atomic mass is 10.0. The molecule has 21 heavy (non-hydrogen) atoms. The van der Waals surface area contributed by atoms with Crippen LogP contribution in [-0.4, -0.2) is 48.5 Å². The van der Waals surface area contributed by atoms with Crippen LogP contribution in [0.4, 0.5) is 0 Å². The third-order valence-electron chi connectivity index (χ3n) is 4.04. The van der Waals surface area contributed by atoms with Gasteiger partial charge in [-0.05, 0) is 19.4 Å². The standard InChI is InChI=1S/C15H21NO4S/c1-11-3-5-13(6-4-11)12(2)16-7-8-21(19,20)10-14(16)9-15(17)18/h3-6,12,14H,7-10H2,1-2H3,(H,17,18). The van der Waals surface area contributed by atoms with E-state index in [4.69, 9.17) is 5.11 Å². The van der Waals surface area contributed by atoms with E-state index in [1.54, 1.807) is 0 Å². The van der Waals surface area contributed by atoms with Crippen LogP contribution >= 0.6 is 0 Å². The molecule has 1 aromatic carbocycles. The first kappa shape index (κ1) is 16.0. The van der Waals surface area contributed by atoms with E-state index in [1.165, 1.54) is 0 Å². The molecule has 0 aliphatic carbocycles. The number of sulfone groups is 1. The van der Waals surface area contributed by atoms with Crippen LogP contribution in [0.3, 0.4) is 0 Å². The molecule has 0 spiro atoms. The molecule has 2 rings (SSSR count). The summed E-state index contributed by atoms with van der Waals surface area (Å²) in [6.07, 6.45) is -0.143. The van der Waals surface area contributed by atoms with E-state index in [9.17, 15) is 13.2 Å². The predicted octanol–water partition coefficient (Wildman–Crippen LogP) is 1.63. The van der Waals surface area contributed by atoms with Gasteiger partial charge in [0.25, 0.3) is 0 Å². The van der Waals surface area contributed by atoms with Gasteiger partial charge in [0.2, 0.25) is 0 Å². The van der Waals surface area contributed by atoms with E-state index in [0.717, 1.165) is 11.1 Å². The Morgan fingerprint density at radius 3 is 2.57 bits per heavy atom. The topological polar surface area (TPSA) is 74.7 Å². The molecule has 2 atom stereocenters. The van der Waals surface area contributed by atoms with Crippen molar-refractivity contribution in [2.75, 3.05) is 18.1 Å². The maximum atomic E-state index is 11.8. The Labute approximate surface area is 125 Å². The van der Waals surface area contributed by atoms with Gasteiger partial charge in [0.05, 0.1) is 17.9 Å². The van der Waals surface area contributed by atoms with Gasteiger partial charge in [0.1, 0.15) is 0 Å². The Bertz CT molecular complexity index is 609. The van der Waals surface area contributed by atoms with Crippen molar-refractivity contribution in [3.8, 4) is 0 Å². The summed E-state index contributed by atoms with van der Waals surface area (Å²) in [5.41, 5.74) is 2.24. The van der Waals surface area contributed by atoms with Gasteiger partial charge in [0, 0.05) is 18.6 Å². The van der Waals surface area contributed by atoms with Gasteiger partial charge in [0.15, 0.2) is 9.84 Å². The number of aryl methyl sites for hydroxylation is 1. The van der Waals surface area contributed by atoms with Crippen molar-refractivity contribution in [3.63, 3.8) is 0 Å². The minimum Gasteiger partial charge on any atom is -0.481 e. The number of hydrogen-bond acceptors (Lipinski definition) is 4. The molecule has 116 valence electrons. The molecular formula is C15H21NO4S. The summed E-state index contributed by atoms with van der Waals surface area (Å²) < 4.78 is 23.5. The van der Waals surface area contributed by atoms with Gasteiger partial charge in [-0.1, -0.05) is 29.8 Å². The molecule has 1 aromatic rings. The molecule has 1 aliphatic rings. The Morgan fingerprint density at radius 2 is 2.00 bits per heavy atom. The molecule has 2 unspecified atom stereocenters. The highest BCUT2D eigenvalue weighted by molar-refractivity contribution is 7.91. The molecule has 0 bridgehead atoms. The lowest BCUT2D eigenvalue weighted by molar-refractivity contribution is -0.138. The van der Waals surface area contributed by atoms with Crippen LogP contribution in [0.25, 0.3) is 0 Å². The summed E-state index contributed by atoms with van der Waals surface area (Å²) in [7, 11) is -3.14. The third kappa shape index (κ3) is 4.04. The molecule has 1 saturated heterocycles. The highest BCUT2D eigenvalue weighted by Gasteiger charge is 2.35. The van der Waals surface area contributed by atoms with Crippen molar-refractivity contribution in [3.05, 3.63) is 35.4 Å². The number of carboxylic acid groups (broad SMARTS) is 1. The minimum atomic E-state index is -3.14. The number of rotatable bonds is 4. The molecule has 0 saturated carbocycles. The van der Waals surface area contributed by atoms with E-state index < -0.39 is 21.8 Å². The largest absolute Gasteiger partial charge is 0.481 e. The van der Waals surface area contributed by atoms with Gasteiger partial charge >= 0.3 is 5.97 Å². The third-order valence-corrected chi connectivity index (χ3v) is 5.74. The van der Waals surface area contributed by atoms with Crippen LogP contribution in [0.1, 0.15) is 30.5 Å². The Morgan fingerprint density at radius 1 is 1.38 bits per heavy atom. The van der Waals surface area contributed by atoms with E-state index in [0.29, 0.717) is 6.54 Å². The van der Waals surface area contributed by atoms with Crippen molar-refractivity contribution in [2.24, 2.45) is 0 Å². The van der Waals surface area contributed by atoms with Crippen molar-refractivity contribution in [1.82, 2.24) is 4.90 Å². The van der Waals surface area contributed by atoms with Gasteiger partial charge in [-0.15, -0.1) is 0 Å². The number of nitrogens with zero attached hydrogens (tertiary/aromatic N) is 1. The zero-order chi connectivity index (χ0) is 15.6. The number of carbonyl (C=O) groups is 1. The van der Waals surface area contributed by atoms with Crippen LogP contribution in [0, 0.1) is 6.92 Å². The van der Waals surface area contributed by atoms with Gasteiger partial charge in [-0.3, -0.25) is 9.69 Å². The lowest BCUT2D eigenvalue weighted by Crippen LogP contribution is -2.50. The first-order valence-electron chi connectivity index (χ1n) is 7.03. The predicted molar refractivity (Wildman–Crippen MR) is 81.0 cm³/mol. The molecule has 5 nitrogen and oxygen atoms in total. The van der Waals surface area contributed by atoms with Crippen molar-refractivity contribution in [1.29, 1.82) is 0 Å². The number of aliphatic carboxylic acids is 1. The summed E-state index contributed by atoms with van der Waals surface area (Å²) in [6, 6.07) is 7.60. The number of benzene rings is 1. The lowest BCUT2D eigenvalue weighted by Gasteiger charge is -2.39. The molecule has 0 amide bonds. The summed E-state index contributed by atoms with van der Waals surface area (Å²) >= 11 is 0. The summed E-state index contributed by atoms with van der Waals surface area (Å²) in [5, 5.41) is 9.02. The SMILES string of the molecule is Cc1ccc(C(C)N2CCS(=O)(=O)CC2CC(=O)O)cc1. The molecular weight excluding hydrogens is 290 g/mol. The zero-order valence-corrected chi connectivity index (χ0v) is 13.1. The van der Waals surface area contributed by atoms with E-state index in [1.807, 2.05) is 43.0 Å². The fourth-order valence-electron chi connectivity index (χ4n) is 2.82. The molecule has 0 aromatic heterocycles. The van der Waals surface area contributed by atoms with Crippen LogP contribution in [-0.2, 0) is 14.6 Å². The van der Waals surface area contributed by atoms with Crippen molar-refractivity contribution >= 4 is 15.8 Å². The quantitative estimate of drug-likeness (QED) is 0.915. The van der Waals surface area contributed by atoms with Crippen LogP contribution in [0.5, 0.6) is 0 Å². The molecule has 1 fully saturated rings. The van der Waals surface area contributed by atoms with E-state index in [-0.39, 0.29) is 24.0 Å². The van der Waals surface area contributed by atoms with Crippen LogP contribution in [0.15, 0.2) is 24.3 Å². The second-order valence-corrected chi connectivity index (χ2v) is 7.92. The van der Waals surface area contributed by atoms with Crippen LogP contribution in [0.2, 0.25) is 0 Å². The maximum Gasteiger partial charge on any atom is 0.304 e. The van der Waals surface area contributed by atoms with Crippen LogP contribution < -0.4 is 0 Å². The molecule has 1 heterocycles. The average Bonchev–Trinajstić information content (AvgIpc) is 2.37. The average molecular weight is 311 g/mol. The summed E-state index contributed by atoms with van der Waals surface area (Å²) in [4.78, 5) is 13.0. The first-order valence-corrected chi connectivity index (χ1v) is 8.85. The van der Waals surface area contributed by atoms with Crippen molar-refractivity contribution < 1.29 is 18.3 Å². The second-order valence-electron chi connectivity index (χ2n) is 5.69. The van der Waals surface area contributed by atoms with E-state index in [2.05, 4.69) is 0 Å². The number of carboxylic acids is 1. The van der Waals surface area contributed by atoms with Crippen molar-refractivity contribution in [2.45, 2.75) is 32.4 Å². The fraction of sp³-hybridized carbons (Fsp3) is 0.533. The molecule has 6 heteroatoms. The Balaban J connectivity index is 2.22. The van der Waals surface area contributed by atoms with E-state index >= 15 is 0 Å². The molecule has 0 radical (unpaired) electrons. The van der Waals surface area contributed by atoms with Gasteiger partial charge in [-0.25, -0.2) is 8.42 Å².